The third-order valence-electron chi connectivity index (χ3n) is 5.00. The van der Waals surface area contributed by atoms with Crippen molar-refractivity contribution in [2.75, 3.05) is 18.0 Å². The van der Waals surface area contributed by atoms with Gasteiger partial charge in [0.2, 0.25) is 5.95 Å². The van der Waals surface area contributed by atoms with Crippen molar-refractivity contribution in [3.8, 4) is 6.07 Å². The highest BCUT2D eigenvalue weighted by atomic mass is 19.1. The topological polar surface area (TPSA) is 107 Å². The second-order valence-electron chi connectivity index (χ2n) is 7.02. The van der Waals surface area contributed by atoms with Gasteiger partial charge in [-0.2, -0.15) is 5.26 Å². The van der Waals surface area contributed by atoms with Crippen LogP contribution in [0, 0.1) is 17.1 Å². The van der Waals surface area contributed by atoms with Gasteiger partial charge in [0.25, 0.3) is 0 Å². The molecule has 0 bridgehead atoms. The Labute approximate surface area is 166 Å². The lowest BCUT2D eigenvalue weighted by Crippen LogP contribution is -2.48. The van der Waals surface area contributed by atoms with E-state index in [2.05, 4.69) is 15.3 Å². The summed E-state index contributed by atoms with van der Waals surface area (Å²) in [5.41, 5.74) is 2.51. The van der Waals surface area contributed by atoms with Gasteiger partial charge in [-0.05, 0) is 37.1 Å². The predicted octanol–water partition coefficient (Wildman–Crippen LogP) is 2.73. The fourth-order valence-electron chi connectivity index (χ4n) is 3.68. The summed E-state index contributed by atoms with van der Waals surface area (Å²) in [5.74, 6) is 0.280. The number of halogens is 1. The molecule has 2 aromatic heterocycles. The average Bonchev–Trinajstić information content (AvgIpc) is 3.05. The third-order valence-corrected chi connectivity index (χ3v) is 5.00. The molecule has 0 saturated carbocycles. The fourth-order valence-corrected chi connectivity index (χ4v) is 3.68. The molecule has 4 rings (SSSR count). The van der Waals surface area contributed by atoms with E-state index in [1.807, 2.05) is 15.5 Å². The molecule has 1 aromatic carbocycles. The van der Waals surface area contributed by atoms with E-state index in [1.54, 1.807) is 18.2 Å². The van der Waals surface area contributed by atoms with Crippen molar-refractivity contribution < 1.29 is 14.3 Å². The molecule has 148 valence electrons. The molecule has 29 heavy (non-hydrogen) atoms. The first-order chi connectivity index (χ1) is 14.0. The first-order valence-corrected chi connectivity index (χ1v) is 9.28. The molecule has 1 unspecified atom stereocenters. The monoisotopic (exact) mass is 394 g/mol. The molecule has 2 N–H and O–H groups in total. The molecule has 0 aliphatic carbocycles. The summed E-state index contributed by atoms with van der Waals surface area (Å²) in [6, 6.07) is 9.79. The Morgan fingerprint density at radius 1 is 1.38 bits per heavy atom. The van der Waals surface area contributed by atoms with Crippen molar-refractivity contribution in [1.82, 2.24) is 19.9 Å². The van der Waals surface area contributed by atoms with Crippen LogP contribution in [0.4, 0.5) is 15.1 Å². The Hall–Kier alpha value is -3.67. The van der Waals surface area contributed by atoms with Crippen LogP contribution in [0.25, 0.3) is 11.0 Å². The second-order valence-corrected chi connectivity index (χ2v) is 7.02. The zero-order valence-corrected chi connectivity index (χ0v) is 15.5. The number of nitrogens with zero attached hydrogens (tertiary/aromatic N) is 5. The zero-order chi connectivity index (χ0) is 20.4. The summed E-state index contributed by atoms with van der Waals surface area (Å²) in [7, 11) is 0. The van der Waals surface area contributed by atoms with E-state index in [0.29, 0.717) is 30.1 Å². The Morgan fingerprint density at radius 2 is 2.24 bits per heavy atom. The number of hydrogen-bond donors (Lipinski definition) is 2. The molecular weight excluding hydrogens is 375 g/mol. The van der Waals surface area contributed by atoms with Gasteiger partial charge in [-0.15, -0.1) is 0 Å². The maximum atomic E-state index is 13.8. The number of benzene rings is 1. The zero-order valence-electron chi connectivity index (χ0n) is 15.5. The number of carboxylic acid groups (broad SMARTS) is 1. The van der Waals surface area contributed by atoms with Crippen LogP contribution in [-0.4, -0.2) is 44.9 Å². The standard InChI is InChI=1S/C20H19FN6O2/c21-14-4-6-18-17(8-14)25-19(26-7-1-2-16(11-26)24-20(28)29)27(18)12-15-5-3-13(9-22)10-23-15/h3-6,8,10,16,24H,1-2,7,11-12H2,(H,28,29). The van der Waals surface area contributed by atoms with Crippen molar-refractivity contribution in [2.24, 2.45) is 0 Å². The predicted molar refractivity (Wildman–Crippen MR) is 104 cm³/mol. The summed E-state index contributed by atoms with van der Waals surface area (Å²) in [6.07, 6.45) is 2.04. The number of nitrogens with one attached hydrogen (secondary N) is 1. The third kappa shape index (κ3) is 3.96. The summed E-state index contributed by atoms with van der Waals surface area (Å²) in [4.78, 5) is 22.0. The van der Waals surface area contributed by atoms with E-state index in [0.717, 1.165) is 30.6 Å². The molecule has 1 aliphatic heterocycles. The van der Waals surface area contributed by atoms with E-state index in [9.17, 15) is 9.18 Å². The Bertz CT molecular complexity index is 1090. The number of hydrogen-bond acceptors (Lipinski definition) is 5. The van der Waals surface area contributed by atoms with E-state index in [-0.39, 0.29) is 11.9 Å². The van der Waals surface area contributed by atoms with Gasteiger partial charge < -0.3 is 19.9 Å². The fraction of sp³-hybridized carbons (Fsp3) is 0.300. The van der Waals surface area contributed by atoms with Crippen LogP contribution >= 0.6 is 0 Å². The number of piperidine rings is 1. The van der Waals surface area contributed by atoms with E-state index in [1.165, 1.54) is 18.3 Å². The van der Waals surface area contributed by atoms with E-state index < -0.39 is 6.09 Å². The van der Waals surface area contributed by atoms with Crippen molar-refractivity contribution in [3.05, 3.63) is 53.6 Å². The van der Waals surface area contributed by atoms with Gasteiger partial charge in [0.1, 0.15) is 11.9 Å². The second kappa shape index (κ2) is 7.75. The lowest BCUT2D eigenvalue weighted by molar-refractivity contribution is 0.188. The van der Waals surface area contributed by atoms with Crippen LogP contribution < -0.4 is 10.2 Å². The van der Waals surface area contributed by atoms with Crippen LogP contribution in [-0.2, 0) is 6.54 Å². The molecule has 0 radical (unpaired) electrons. The highest BCUT2D eigenvalue weighted by molar-refractivity contribution is 5.79. The molecular formula is C20H19FN6O2. The highest BCUT2D eigenvalue weighted by Gasteiger charge is 2.25. The first-order valence-electron chi connectivity index (χ1n) is 9.28. The quantitative estimate of drug-likeness (QED) is 0.705. The normalized spacial score (nSPS) is 16.6. The molecule has 3 aromatic rings. The van der Waals surface area contributed by atoms with Crippen LogP contribution in [0.15, 0.2) is 36.5 Å². The van der Waals surface area contributed by atoms with Crippen LogP contribution in [0.2, 0.25) is 0 Å². The minimum atomic E-state index is -1.05. The van der Waals surface area contributed by atoms with Gasteiger partial charge in [0.15, 0.2) is 0 Å². The molecule has 1 atom stereocenters. The molecule has 0 spiro atoms. The number of imidazole rings is 1. The van der Waals surface area contributed by atoms with Gasteiger partial charge in [0, 0.05) is 31.4 Å². The van der Waals surface area contributed by atoms with E-state index in [4.69, 9.17) is 10.4 Å². The summed E-state index contributed by atoms with van der Waals surface area (Å²) < 4.78 is 15.7. The minimum Gasteiger partial charge on any atom is -0.465 e. The minimum absolute atomic E-state index is 0.195. The largest absolute Gasteiger partial charge is 0.465 e. The summed E-state index contributed by atoms with van der Waals surface area (Å²) in [5, 5.41) is 20.5. The molecule has 3 heterocycles. The van der Waals surface area contributed by atoms with Gasteiger partial charge >= 0.3 is 6.09 Å². The lowest BCUT2D eigenvalue weighted by atomic mass is 10.1. The maximum Gasteiger partial charge on any atom is 0.404 e. The highest BCUT2D eigenvalue weighted by Crippen LogP contribution is 2.27. The maximum absolute atomic E-state index is 13.8. The van der Waals surface area contributed by atoms with Crippen molar-refractivity contribution in [3.63, 3.8) is 0 Å². The van der Waals surface area contributed by atoms with Gasteiger partial charge in [-0.25, -0.2) is 14.2 Å². The van der Waals surface area contributed by atoms with Gasteiger partial charge in [-0.3, -0.25) is 4.98 Å². The Balaban J connectivity index is 1.71. The number of fused-ring (bicyclic) bond motifs is 1. The number of anilines is 1. The molecule has 8 nitrogen and oxygen atoms in total. The smallest absolute Gasteiger partial charge is 0.404 e. The number of pyridine rings is 1. The van der Waals surface area contributed by atoms with Crippen molar-refractivity contribution >= 4 is 23.1 Å². The lowest BCUT2D eigenvalue weighted by Gasteiger charge is -2.33. The van der Waals surface area contributed by atoms with Crippen molar-refractivity contribution in [2.45, 2.75) is 25.4 Å². The number of nitriles is 1. The Morgan fingerprint density at radius 3 is 2.97 bits per heavy atom. The van der Waals surface area contributed by atoms with Gasteiger partial charge in [0.05, 0.1) is 28.8 Å². The molecule has 1 saturated heterocycles. The SMILES string of the molecule is N#Cc1ccc(Cn2c(N3CCCC(NC(=O)O)C3)nc3cc(F)ccc32)nc1. The summed E-state index contributed by atoms with van der Waals surface area (Å²) in [6.45, 7) is 1.61. The van der Waals surface area contributed by atoms with Crippen molar-refractivity contribution in [1.29, 1.82) is 5.26 Å². The van der Waals surface area contributed by atoms with Crippen LogP contribution in [0.3, 0.4) is 0 Å². The number of carbonyl (C=O) groups is 1. The number of rotatable bonds is 4. The Kier molecular flexibility index (Phi) is 4.99. The number of aromatic nitrogens is 3. The first kappa shape index (κ1) is 18.7. The number of amides is 1. The van der Waals surface area contributed by atoms with Gasteiger partial charge in [-0.1, -0.05) is 0 Å². The molecule has 1 aliphatic rings. The molecule has 1 fully saturated rings. The van der Waals surface area contributed by atoms with Crippen LogP contribution in [0.5, 0.6) is 0 Å². The molecule has 9 heteroatoms. The average molecular weight is 394 g/mol. The van der Waals surface area contributed by atoms with Crippen LogP contribution in [0.1, 0.15) is 24.1 Å². The summed E-state index contributed by atoms with van der Waals surface area (Å²) >= 11 is 0. The van der Waals surface area contributed by atoms with E-state index >= 15 is 0 Å². The molecule has 1 amide bonds.